The van der Waals surface area contributed by atoms with Crippen molar-refractivity contribution in [3.05, 3.63) is 77.4 Å². The van der Waals surface area contributed by atoms with E-state index in [9.17, 15) is 9.59 Å². The van der Waals surface area contributed by atoms with Gasteiger partial charge in [-0.15, -0.1) is 0 Å². The van der Waals surface area contributed by atoms with E-state index >= 15 is 0 Å². The van der Waals surface area contributed by atoms with Crippen molar-refractivity contribution in [2.24, 2.45) is 0 Å². The maximum Gasteiger partial charge on any atom is 0.409 e. The molecule has 0 heterocycles. The summed E-state index contributed by atoms with van der Waals surface area (Å²) in [6, 6.07) is 19.3. The molecule has 128 valence electrons. The molecule has 5 nitrogen and oxygen atoms in total. The van der Waals surface area contributed by atoms with Crippen LogP contribution in [0.25, 0.3) is 10.8 Å². The smallest absolute Gasteiger partial charge is 0.409 e. The lowest BCUT2D eigenvalue weighted by atomic mass is 10.0. The Kier molecular flexibility index (Phi) is 5.16. The number of hydrogen-bond donors (Lipinski definition) is 1. The van der Waals surface area contributed by atoms with Crippen molar-refractivity contribution in [2.45, 2.75) is 6.54 Å². The fraction of sp³-hybridized carbons (Fsp3) is 0.0500. The zero-order valence-electron chi connectivity index (χ0n) is 13.5. The normalized spacial score (nSPS) is 10.2. The summed E-state index contributed by atoms with van der Waals surface area (Å²) in [5.74, 6) is 0.0923. The number of ether oxygens (including phenoxy) is 1. The number of halogens is 1. The van der Waals surface area contributed by atoms with Crippen LogP contribution in [0.15, 0.2) is 60.7 Å². The third-order valence-corrected chi connectivity index (χ3v) is 3.91. The van der Waals surface area contributed by atoms with Crippen LogP contribution < -0.4 is 10.1 Å². The molecule has 0 fully saturated rings. The summed E-state index contributed by atoms with van der Waals surface area (Å²) in [6.45, 7) is 0.350. The van der Waals surface area contributed by atoms with Gasteiger partial charge in [0.25, 0.3) is 5.91 Å². The Morgan fingerprint density at radius 1 is 1.08 bits per heavy atom. The van der Waals surface area contributed by atoms with E-state index in [1.54, 1.807) is 54.6 Å². The van der Waals surface area contributed by atoms with Crippen molar-refractivity contribution < 1.29 is 14.3 Å². The molecule has 0 spiro atoms. The standard InChI is InChI=1S/C20H13ClN2O3/c21-20(25)26-16-8-9-17-15(10-16)2-1-3-18(17)19(24)23-12-14-6-4-13(11-22)5-7-14/h1-10H,12H2,(H,23,24). The van der Waals surface area contributed by atoms with E-state index in [1.807, 2.05) is 6.07 Å². The molecule has 0 saturated carbocycles. The number of nitrogens with one attached hydrogen (secondary N) is 1. The molecule has 0 radical (unpaired) electrons. The monoisotopic (exact) mass is 364 g/mol. The summed E-state index contributed by atoms with van der Waals surface area (Å²) in [4.78, 5) is 23.4. The van der Waals surface area contributed by atoms with Crippen molar-refractivity contribution in [2.75, 3.05) is 0 Å². The first-order valence-corrected chi connectivity index (χ1v) is 8.12. The summed E-state index contributed by atoms with van der Waals surface area (Å²) in [5, 5.41) is 13.2. The number of nitriles is 1. The van der Waals surface area contributed by atoms with Crippen LogP contribution in [0.4, 0.5) is 4.79 Å². The Morgan fingerprint density at radius 2 is 1.85 bits per heavy atom. The molecule has 26 heavy (non-hydrogen) atoms. The number of fused-ring (bicyclic) bond motifs is 1. The van der Waals surface area contributed by atoms with Gasteiger partial charge in [0.05, 0.1) is 11.6 Å². The maximum atomic E-state index is 12.5. The topological polar surface area (TPSA) is 79.2 Å². The molecule has 3 aromatic carbocycles. The second kappa shape index (κ2) is 7.68. The highest BCUT2D eigenvalue weighted by Crippen LogP contribution is 2.24. The molecule has 0 saturated heterocycles. The Morgan fingerprint density at radius 3 is 2.54 bits per heavy atom. The summed E-state index contributed by atoms with van der Waals surface area (Å²) >= 11 is 5.22. The average molecular weight is 365 g/mol. The van der Waals surface area contributed by atoms with Crippen LogP contribution in [0, 0.1) is 11.3 Å². The molecule has 0 aromatic heterocycles. The molecule has 0 bridgehead atoms. The molecule has 3 aromatic rings. The van der Waals surface area contributed by atoms with E-state index in [0.29, 0.717) is 23.4 Å². The van der Waals surface area contributed by atoms with Crippen molar-refractivity contribution in [3.8, 4) is 11.8 Å². The highest BCUT2D eigenvalue weighted by atomic mass is 35.5. The summed E-state index contributed by atoms with van der Waals surface area (Å²) in [7, 11) is 0. The molecule has 3 rings (SSSR count). The van der Waals surface area contributed by atoms with Crippen LogP contribution in [0.1, 0.15) is 21.5 Å². The number of hydrogen-bond acceptors (Lipinski definition) is 4. The molecule has 1 amide bonds. The molecule has 0 atom stereocenters. The fourth-order valence-corrected chi connectivity index (χ4v) is 2.68. The van der Waals surface area contributed by atoms with Crippen LogP contribution >= 0.6 is 11.6 Å². The molecule has 6 heteroatoms. The van der Waals surface area contributed by atoms with Gasteiger partial charge in [0.1, 0.15) is 5.75 Å². The van der Waals surface area contributed by atoms with Crippen LogP contribution in [-0.2, 0) is 6.54 Å². The van der Waals surface area contributed by atoms with Crippen molar-refractivity contribution in [3.63, 3.8) is 0 Å². The molecule has 0 aliphatic rings. The number of carbonyl (C=O) groups excluding carboxylic acids is 2. The first-order valence-electron chi connectivity index (χ1n) is 7.74. The van der Waals surface area contributed by atoms with Crippen LogP contribution in [0.2, 0.25) is 0 Å². The summed E-state index contributed by atoms with van der Waals surface area (Å²) in [6.07, 6.45) is 0. The highest BCUT2D eigenvalue weighted by molar-refractivity contribution is 6.61. The predicted octanol–water partition coefficient (Wildman–Crippen LogP) is 4.38. The SMILES string of the molecule is N#Cc1ccc(CNC(=O)c2cccc3cc(OC(=O)Cl)ccc23)cc1. The quantitative estimate of drug-likeness (QED) is 0.697. The van der Waals surface area contributed by atoms with E-state index in [2.05, 4.69) is 11.4 Å². The second-order valence-electron chi connectivity index (χ2n) is 5.52. The zero-order valence-corrected chi connectivity index (χ0v) is 14.3. The maximum absolute atomic E-state index is 12.5. The van der Waals surface area contributed by atoms with E-state index in [4.69, 9.17) is 21.6 Å². The van der Waals surface area contributed by atoms with E-state index in [-0.39, 0.29) is 5.91 Å². The van der Waals surface area contributed by atoms with E-state index < -0.39 is 5.43 Å². The van der Waals surface area contributed by atoms with E-state index in [1.165, 1.54) is 0 Å². The molecule has 0 aliphatic carbocycles. The Balaban J connectivity index is 1.79. The number of amides is 1. The van der Waals surface area contributed by atoms with Crippen LogP contribution in [-0.4, -0.2) is 11.3 Å². The molecular formula is C20H13ClN2O3. The number of carbonyl (C=O) groups is 2. The van der Waals surface area contributed by atoms with Gasteiger partial charge >= 0.3 is 5.43 Å². The summed E-state index contributed by atoms with van der Waals surface area (Å²) < 4.78 is 4.85. The third-order valence-electron chi connectivity index (χ3n) is 3.83. The lowest BCUT2D eigenvalue weighted by Crippen LogP contribution is -2.23. The van der Waals surface area contributed by atoms with Crippen LogP contribution in [0.5, 0.6) is 5.75 Å². The van der Waals surface area contributed by atoms with Gasteiger partial charge in [-0.25, -0.2) is 4.79 Å². The molecule has 0 aliphatic heterocycles. The largest absolute Gasteiger partial charge is 0.414 e. The number of benzene rings is 3. The minimum atomic E-state index is -0.916. The molecule has 0 unspecified atom stereocenters. The van der Waals surface area contributed by atoms with Gasteiger partial charge in [-0.3, -0.25) is 4.79 Å². The van der Waals surface area contributed by atoms with Gasteiger partial charge in [0.15, 0.2) is 0 Å². The van der Waals surface area contributed by atoms with Gasteiger partial charge in [0, 0.05) is 23.7 Å². The number of rotatable bonds is 4. The van der Waals surface area contributed by atoms with Gasteiger partial charge in [-0.1, -0.05) is 24.3 Å². The summed E-state index contributed by atoms with van der Waals surface area (Å²) in [5.41, 5.74) is 1.07. The molecular weight excluding hydrogens is 352 g/mol. The Bertz CT molecular complexity index is 1020. The second-order valence-corrected chi connectivity index (χ2v) is 5.83. The highest BCUT2D eigenvalue weighted by Gasteiger charge is 2.11. The average Bonchev–Trinajstić information content (AvgIpc) is 2.65. The van der Waals surface area contributed by atoms with Crippen molar-refractivity contribution in [1.29, 1.82) is 5.26 Å². The molecule has 1 N–H and O–H groups in total. The first kappa shape index (κ1) is 17.5. The Labute approximate surface area is 154 Å². The van der Waals surface area contributed by atoms with Crippen LogP contribution in [0.3, 0.4) is 0 Å². The van der Waals surface area contributed by atoms with Gasteiger partial charge < -0.3 is 10.1 Å². The number of nitrogens with zero attached hydrogens (tertiary/aromatic N) is 1. The predicted molar refractivity (Wildman–Crippen MR) is 98.2 cm³/mol. The first-order chi connectivity index (χ1) is 12.6. The lowest BCUT2D eigenvalue weighted by molar-refractivity contribution is 0.0952. The minimum Gasteiger partial charge on any atom is -0.414 e. The van der Waals surface area contributed by atoms with Gasteiger partial charge in [-0.2, -0.15) is 5.26 Å². The third kappa shape index (κ3) is 4.00. The van der Waals surface area contributed by atoms with Gasteiger partial charge in [-0.05, 0) is 52.7 Å². The fourth-order valence-electron chi connectivity index (χ4n) is 2.59. The van der Waals surface area contributed by atoms with Gasteiger partial charge in [0.2, 0.25) is 0 Å². The lowest BCUT2D eigenvalue weighted by Gasteiger charge is -2.09. The Hall–Kier alpha value is -3.36. The minimum absolute atomic E-state index is 0.220. The van der Waals surface area contributed by atoms with Crippen molar-refractivity contribution >= 4 is 33.7 Å². The van der Waals surface area contributed by atoms with E-state index in [0.717, 1.165) is 16.3 Å². The zero-order chi connectivity index (χ0) is 18.5. The van der Waals surface area contributed by atoms with Crippen molar-refractivity contribution in [1.82, 2.24) is 5.32 Å².